The molecule has 8 heteroatoms. The van der Waals surface area contributed by atoms with Crippen molar-refractivity contribution in [3.8, 4) is 5.69 Å². The van der Waals surface area contributed by atoms with E-state index in [1.165, 1.54) is 24.6 Å². The van der Waals surface area contributed by atoms with Crippen molar-refractivity contribution < 1.29 is 4.79 Å². The Morgan fingerprint density at radius 1 is 1.31 bits per heavy atom. The molecule has 0 aliphatic heterocycles. The standard InChI is InChI=1S/C18H20N6OS/c1-11-16(12(2)24(23-11)14-6-4-3-5-7-14)19-15(25)10-26-18-20-17(21-22-18)13-8-9-13/h3-7,13H,8-10H2,1-2H3,(H,19,25)(H,20,21,22). The van der Waals surface area contributed by atoms with Gasteiger partial charge in [0.1, 0.15) is 5.82 Å². The van der Waals surface area contributed by atoms with E-state index in [0.29, 0.717) is 11.1 Å². The Balaban J connectivity index is 1.41. The highest BCUT2D eigenvalue weighted by atomic mass is 32.2. The van der Waals surface area contributed by atoms with Crippen LogP contribution in [0.25, 0.3) is 5.69 Å². The van der Waals surface area contributed by atoms with Gasteiger partial charge >= 0.3 is 0 Å². The number of para-hydroxylation sites is 1. The van der Waals surface area contributed by atoms with E-state index in [4.69, 9.17) is 0 Å². The maximum absolute atomic E-state index is 12.4. The minimum absolute atomic E-state index is 0.0911. The number of H-pyrrole nitrogens is 1. The summed E-state index contributed by atoms with van der Waals surface area (Å²) in [6.07, 6.45) is 2.34. The highest BCUT2D eigenvalue weighted by Crippen LogP contribution is 2.38. The number of hydrogen-bond donors (Lipinski definition) is 2. The highest BCUT2D eigenvalue weighted by molar-refractivity contribution is 7.99. The maximum Gasteiger partial charge on any atom is 0.234 e. The molecule has 7 nitrogen and oxygen atoms in total. The molecule has 0 bridgehead atoms. The summed E-state index contributed by atoms with van der Waals surface area (Å²) in [5.41, 5.74) is 3.42. The summed E-state index contributed by atoms with van der Waals surface area (Å²) < 4.78 is 1.84. The van der Waals surface area contributed by atoms with Gasteiger partial charge in [-0.25, -0.2) is 9.67 Å². The number of nitrogens with one attached hydrogen (secondary N) is 2. The number of aryl methyl sites for hydroxylation is 1. The molecule has 134 valence electrons. The summed E-state index contributed by atoms with van der Waals surface area (Å²) in [7, 11) is 0. The topological polar surface area (TPSA) is 88.5 Å². The lowest BCUT2D eigenvalue weighted by Gasteiger charge is -2.06. The Hall–Kier alpha value is -2.61. The maximum atomic E-state index is 12.4. The van der Waals surface area contributed by atoms with Crippen LogP contribution in [-0.4, -0.2) is 36.6 Å². The number of thioether (sulfide) groups is 1. The molecule has 1 saturated carbocycles. The summed E-state index contributed by atoms with van der Waals surface area (Å²) in [6, 6.07) is 9.87. The van der Waals surface area contributed by atoms with Crippen molar-refractivity contribution in [1.29, 1.82) is 0 Å². The number of carbonyl (C=O) groups excluding carboxylic acids is 1. The Kier molecular flexibility index (Phi) is 4.50. The zero-order chi connectivity index (χ0) is 18.1. The minimum atomic E-state index is -0.0911. The van der Waals surface area contributed by atoms with Gasteiger partial charge in [-0.05, 0) is 38.8 Å². The highest BCUT2D eigenvalue weighted by Gasteiger charge is 2.27. The van der Waals surface area contributed by atoms with Crippen LogP contribution in [0.2, 0.25) is 0 Å². The molecule has 0 unspecified atom stereocenters. The predicted octanol–water partition coefficient (Wildman–Crippen LogP) is 3.22. The van der Waals surface area contributed by atoms with E-state index in [0.717, 1.165) is 28.6 Å². The fourth-order valence-corrected chi connectivity index (χ4v) is 3.42. The summed E-state index contributed by atoms with van der Waals surface area (Å²) in [5.74, 6) is 1.63. The van der Waals surface area contributed by atoms with Gasteiger partial charge in [-0.3, -0.25) is 9.89 Å². The molecule has 4 rings (SSSR count). The van der Waals surface area contributed by atoms with E-state index in [9.17, 15) is 4.79 Å². The Morgan fingerprint density at radius 2 is 2.08 bits per heavy atom. The van der Waals surface area contributed by atoms with Crippen LogP contribution in [0.5, 0.6) is 0 Å². The summed E-state index contributed by atoms with van der Waals surface area (Å²) >= 11 is 1.34. The number of aromatic nitrogens is 5. The largest absolute Gasteiger partial charge is 0.322 e. The molecule has 26 heavy (non-hydrogen) atoms. The van der Waals surface area contributed by atoms with Gasteiger partial charge in [-0.1, -0.05) is 30.0 Å². The second-order valence-corrected chi connectivity index (χ2v) is 7.35. The van der Waals surface area contributed by atoms with E-state index < -0.39 is 0 Å². The molecule has 1 aliphatic rings. The van der Waals surface area contributed by atoms with Crippen LogP contribution in [-0.2, 0) is 4.79 Å². The average Bonchev–Trinajstić information content (AvgIpc) is 3.33. The number of anilines is 1. The number of aromatic amines is 1. The monoisotopic (exact) mass is 368 g/mol. The second kappa shape index (κ2) is 6.95. The molecule has 2 heterocycles. The fraction of sp³-hybridized carbons (Fsp3) is 0.333. The van der Waals surface area contributed by atoms with Crippen molar-refractivity contribution in [1.82, 2.24) is 25.0 Å². The minimum Gasteiger partial charge on any atom is -0.322 e. The third kappa shape index (κ3) is 3.50. The van der Waals surface area contributed by atoms with Gasteiger partial charge in [0, 0.05) is 5.92 Å². The van der Waals surface area contributed by atoms with Crippen LogP contribution in [0.15, 0.2) is 35.5 Å². The molecule has 3 aromatic rings. The van der Waals surface area contributed by atoms with Crippen molar-refractivity contribution in [2.45, 2.75) is 37.8 Å². The first-order valence-corrected chi connectivity index (χ1v) is 9.57. The van der Waals surface area contributed by atoms with Crippen molar-refractivity contribution >= 4 is 23.4 Å². The zero-order valence-electron chi connectivity index (χ0n) is 14.7. The zero-order valence-corrected chi connectivity index (χ0v) is 15.5. The van der Waals surface area contributed by atoms with Crippen molar-refractivity contribution in [3.05, 3.63) is 47.5 Å². The lowest BCUT2D eigenvalue weighted by Crippen LogP contribution is -2.15. The Bertz CT molecular complexity index is 929. The summed E-state index contributed by atoms with van der Waals surface area (Å²) in [4.78, 5) is 16.8. The number of benzene rings is 1. The Labute approximate surface area is 155 Å². The van der Waals surface area contributed by atoms with Crippen molar-refractivity contribution in [2.24, 2.45) is 0 Å². The van der Waals surface area contributed by atoms with Gasteiger partial charge in [-0.2, -0.15) is 5.10 Å². The Morgan fingerprint density at radius 3 is 2.81 bits per heavy atom. The average molecular weight is 368 g/mol. The van der Waals surface area contributed by atoms with Crippen LogP contribution in [0.3, 0.4) is 0 Å². The predicted molar refractivity (Wildman–Crippen MR) is 101 cm³/mol. The van der Waals surface area contributed by atoms with Crippen LogP contribution in [0.1, 0.15) is 36.0 Å². The van der Waals surface area contributed by atoms with Gasteiger partial charge in [-0.15, -0.1) is 5.10 Å². The number of carbonyl (C=O) groups is 1. The molecular weight excluding hydrogens is 348 g/mol. The third-order valence-corrected chi connectivity index (χ3v) is 5.18. The molecule has 2 aromatic heterocycles. The van der Waals surface area contributed by atoms with Crippen molar-refractivity contribution in [2.75, 3.05) is 11.1 Å². The lowest BCUT2D eigenvalue weighted by molar-refractivity contribution is -0.113. The van der Waals surface area contributed by atoms with Gasteiger partial charge in [0.2, 0.25) is 11.1 Å². The number of nitrogens with zero attached hydrogens (tertiary/aromatic N) is 4. The lowest BCUT2D eigenvalue weighted by atomic mass is 10.3. The number of rotatable bonds is 6. The van der Waals surface area contributed by atoms with Crippen LogP contribution in [0.4, 0.5) is 5.69 Å². The van der Waals surface area contributed by atoms with E-state index >= 15 is 0 Å². The second-order valence-electron chi connectivity index (χ2n) is 6.41. The van der Waals surface area contributed by atoms with Crippen molar-refractivity contribution in [3.63, 3.8) is 0 Å². The van der Waals surface area contributed by atoms with Gasteiger partial charge in [0.15, 0.2) is 0 Å². The van der Waals surface area contributed by atoms with E-state index in [1.54, 1.807) is 0 Å². The van der Waals surface area contributed by atoms with Gasteiger partial charge in [0.05, 0.1) is 28.5 Å². The molecule has 2 N–H and O–H groups in total. The quantitative estimate of drug-likeness (QED) is 0.652. The molecule has 0 spiro atoms. The smallest absolute Gasteiger partial charge is 0.234 e. The molecule has 0 saturated heterocycles. The van der Waals surface area contributed by atoms with Gasteiger partial charge in [0.25, 0.3) is 0 Å². The molecule has 0 atom stereocenters. The van der Waals surface area contributed by atoms with E-state index in [2.05, 4.69) is 25.6 Å². The molecule has 1 aromatic carbocycles. The number of amides is 1. The third-order valence-electron chi connectivity index (χ3n) is 4.34. The first-order chi connectivity index (χ1) is 12.6. The molecule has 1 fully saturated rings. The van der Waals surface area contributed by atoms with Crippen LogP contribution in [0, 0.1) is 13.8 Å². The first kappa shape index (κ1) is 16.8. The van der Waals surface area contributed by atoms with E-state index in [1.807, 2.05) is 48.9 Å². The normalized spacial score (nSPS) is 13.8. The number of hydrogen-bond acceptors (Lipinski definition) is 5. The first-order valence-electron chi connectivity index (χ1n) is 8.58. The molecule has 1 amide bonds. The SMILES string of the molecule is Cc1nn(-c2ccccc2)c(C)c1NC(=O)CSc1n[nH]c(C2CC2)n1. The fourth-order valence-electron chi connectivity index (χ4n) is 2.81. The summed E-state index contributed by atoms with van der Waals surface area (Å²) in [6.45, 7) is 3.85. The molecule has 0 radical (unpaired) electrons. The van der Waals surface area contributed by atoms with Crippen LogP contribution >= 0.6 is 11.8 Å². The molecule has 1 aliphatic carbocycles. The molecular formula is C18H20N6OS. The van der Waals surface area contributed by atoms with Crippen LogP contribution < -0.4 is 5.32 Å². The van der Waals surface area contributed by atoms with E-state index in [-0.39, 0.29) is 11.7 Å². The summed E-state index contributed by atoms with van der Waals surface area (Å²) in [5, 5.41) is 15.3. The van der Waals surface area contributed by atoms with Gasteiger partial charge < -0.3 is 5.32 Å².